The molecule has 106 valence electrons. The molecule has 0 aromatic heterocycles. The summed E-state index contributed by atoms with van der Waals surface area (Å²) in [6.45, 7) is 7.38. The van der Waals surface area contributed by atoms with E-state index in [0.717, 1.165) is 0 Å². The Morgan fingerprint density at radius 1 is 0.833 bits per heavy atom. The Morgan fingerprint density at radius 2 is 1.17 bits per heavy atom. The SMILES string of the molecule is CCOC(=O)CO[C@H](C)[C@@H](C)OCC(=O)OCC. The lowest BCUT2D eigenvalue weighted by molar-refractivity contribution is -0.159. The normalized spacial score (nSPS) is 13.8. The van der Waals surface area contributed by atoms with Gasteiger partial charge in [-0.05, 0) is 27.7 Å². The maximum atomic E-state index is 11.1. The van der Waals surface area contributed by atoms with E-state index in [1.807, 2.05) is 0 Å². The minimum atomic E-state index is -0.415. The lowest BCUT2D eigenvalue weighted by Gasteiger charge is -2.20. The van der Waals surface area contributed by atoms with E-state index in [2.05, 4.69) is 0 Å². The fraction of sp³-hybridized carbons (Fsp3) is 0.833. The molecular weight excluding hydrogens is 240 g/mol. The summed E-state index contributed by atoms with van der Waals surface area (Å²) in [6.07, 6.45) is -0.632. The first-order chi connectivity index (χ1) is 8.51. The van der Waals surface area contributed by atoms with Crippen molar-refractivity contribution >= 4 is 11.9 Å². The smallest absolute Gasteiger partial charge is 0.332 e. The zero-order chi connectivity index (χ0) is 14.0. The molecule has 2 atom stereocenters. The summed E-state index contributed by atoms with van der Waals surface area (Å²) in [5, 5.41) is 0. The van der Waals surface area contributed by atoms with Gasteiger partial charge in [-0.1, -0.05) is 0 Å². The molecular formula is C12H22O6. The molecule has 0 bridgehead atoms. The zero-order valence-electron chi connectivity index (χ0n) is 11.4. The minimum Gasteiger partial charge on any atom is -0.464 e. The van der Waals surface area contributed by atoms with Crippen LogP contribution >= 0.6 is 0 Å². The molecule has 0 amide bonds. The highest BCUT2D eigenvalue weighted by Gasteiger charge is 2.16. The molecule has 0 unspecified atom stereocenters. The Labute approximate surface area is 108 Å². The van der Waals surface area contributed by atoms with Gasteiger partial charge in [0.15, 0.2) is 0 Å². The molecule has 6 nitrogen and oxygen atoms in total. The zero-order valence-corrected chi connectivity index (χ0v) is 11.4. The van der Waals surface area contributed by atoms with E-state index in [9.17, 15) is 9.59 Å². The quantitative estimate of drug-likeness (QED) is 0.575. The Hall–Kier alpha value is -1.14. The molecule has 0 aliphatic carbocycles. The lowest BCUT2D eigenvalue weighted by atomic mass is 10.2. The molecule has 6 heteroatoms. The third kappa shape index (κ3) is 8.03. The van der Waals surface area contributed by atoms with Crippen molar-refractivity contribution < 1.29 is 28.5 Å². The Balaban J connectivity index is 3.78. The highest BCUT2D eigenvalue weighted by atomic mass is 16.6. The van der Waals surface area contributed by atoms with E-state index in [-0.39, 0.29) is 25.4 Å². The Kier molecular flexibility index (Phi) is 9.22. The molecule has 0 saturated heterocycles. The van der Waals surface area contributed by atoms with Crippen molar-refractivity contribution in [1.29, 1.82) is 0 Å². The van der Waals surface area contributed by atoms with E-state index < -0.39 is 11.9 Å². The molecule has 0 saturated carbocycles. The van der Waals surface area contributed by atoms with Crippen molar-refractivity contribution in [3.63, 3.8) is 0 Å². The maximum absolute atomic E-state index is 11.1. The topological polar surface area (TPSA) is 71.1 Å². The largest absolute Gasteiger partial charge is 0.464 e. The summed E-state index contributed by atoms with van der Waals surface area (Å²) < 4.78 is 20.0. The average Bonchev–Trinajstić information content (AvgIpc) is 2.33. The number of carbonyl (C=O) groups is 2. The monoisotopic (exact) mass is 262 g/mol. The Bertz CT molecular complexity index is 227. The molecule has 0 rings (SSSR count). The minimum absolute atomic E-state index is 0.123. The van der Waals surface area contributed by atoms with Crippen molar-refractivity contribution in [2.45, 2.75) is 39.9 Å². The summed E-state index contributed by atoms with van der Waals surface area (Å²) >= 11 is 0. The van der Waals surface area contributed by atoms with E-state index in [1.54, 1.807) is 27.7 Å². The van der Waals surface area contributed by atoms with Crippen LogP contribution in [0.15, 0.2) is 0 Å². The van der Waals surface area contributed by atoms with Gasteiger partial charge in [-0.25, -0.2) is 9.59 Å². The van der Waals surface area contributed by atoms with Crippen molar-refractivity contribution in [3.05, 3.63) is 0 Å². The molecule has 0 aromatic carbocycles. The van der Waals surface area contributed by atoms with Gasteiger partial charge in [0.05, 0.1) is 25.4 Å². The number of hydrogen-bond donors (Lipinski definition) is 0. The van der Waals surface area contributed by atoms with Gasteiger partial charge < -0.3 is 18.9 Å². The summed E-state index contributed by atoms with van der Waals surface area (Å²) in [5.41, 5.74) is 0. The number of esters is 2. The Morgan fingerprint density at radius 3 is 1.44 bits per heavy atom. The third-order valence-corrected chi connectivity index (χ3v) is 2.20. The first-order valence-electron chi connectivity index (χ1n) is 6.05. The third-order valence-electron chi connectivity index (χ3n) is 2.20. The van der Waals surface area contributed by atoms with Crippen LogP contribution in [-0.4, -0.2) is 50.6 Å². The fourth-order valence-corrected chi connectivity index (χ4v) is 1.08. The van der Waals surface area contributed by atoms with Gasteiger partial charge in [0, 0.05) is 0 Å². The standard InChI is InChI=1S/C12H22O6/c1-5-15-11(13)7-17-9(3)10(4)18-8-12(14)16-6-2/h9-10H,5-8H2,1-4H3/t9-,10-/m1/s1. The van der Waals surface area contributed by atoms with Gasteiger partial charge in [0.2, 0.25) is 0 Å². The number of ether oxygens (including phenoxy) is 4. The van der Waals surface area contributed by atoms with Crippen LogP contribution < -0.4 is 0 Å². The number of rotatable bonds is 9. The van der Waals surface area contributed by atoms with E-state index in [0.29, 0.717) is 13.2 Å². The van der Waals surface area contributed by atoms with E-state index in [4.69, 9.17) is 18.9 Å². The van der Waals surface area contributed by atoms with E-state index >= 15 is 0 Å². The summed E-state index contributed by atoms with van der Waals surface area (Å²) in [6, 6.07) is 0. The van der Waals surface area contributed by atoms with Gasteiger partial charge in [0.1, 0.15) is 13.2 Å². The fourth-order valence-electron chi connectivity index (χ4n) is 1.08. The van der Waals surface area contributed by atoms with Gasteiger partial charge >= 0.3 is 11.9 Å². The molecule has 0 aliphatic rings. The van der Waals surface area contributed by atoms with Crippen molar-refractivity contribution in [2.75, 3.05) is 26.4 Å². The van der Waals surface area contributed by atoms with Gasteiger partial charge in [-0.15, -0.1) is 0 Å². The van der Waals surface area contributed by atoms with Crippen LogP contribution in [0.25, 0.3) is 0 Å². The van der Waals surface area contributed by atoms with Crippen molar-refractivity contribution in [2.24, 2.45) is 0 Å². The predicted octanol–water partition coefficient (Wildman–Crippen LogP) is 0.923. The van der Waals surface area contributed by atoms with Crippen molar-refractivity contribution in [1.82, 2.24) is 0 Å². The average molecular weight is 262 g/mol. The predicted molar refractivity (Wildman–Crippen MR) is 64.1 cm³/mol. The first-order valence-corrected chi connectivity index (χ1v) is 6.05. The molecule has 18 heavy (non-hydrogen) atoms. The van der Waals surface area contributed by atoms with Crippen LogP contribution in [-0.2, 0) is 28.5 Å². The second-order valence-electron chi connectivity index (χ2n) is 3.64. The summed E-state index contributed by atoms with van der Waals surface area (Å²) in [5.74, 6) is -0.830. The maximum Gasteiger partial charge on any atom is 0.332 e. The first kappa shape index (κ1) is 16.9. The van der Waals surface area contributed by atoms with Crippen LogP contribution in [0, 0.1) is 0 Å². The highest BCUT2D eigenvalue weighted by Crippen LogP contribution is 2.03. The van der Waals surface area contributed by atoms with E-state index in [1.165, 1.54) is 0 Å². The molecule has 0 N–H and O–H groups in total. The molecule has 0 heterocycles. The molecule has 0 radical (unpaired) electrons. The molecule has 0 spiro atoms. The summed E-state index contributed by atoms with van der Waals surface area (Å²) in [7, 11) is 0. The highest BCUT2D eigenvalue weighted by molar-refractivity contribution is 5.71. The number of carbonyl (C=O) groups excluding carboxylic acids is 2. The van der Waals surface area contributed by atoms with Gasteiger partial charge in [0.25, 0.3) is 0 Å². The van der Waals surface area contributed by atoms with Crippen LogP contribution in [0.2, 0.25) is 0 Å². The lowest BCUT2D eigenvalue weighted by Crippen LogP contribution is -2.30. The van der Waals surface area contributed by atoms with Crippen molar-refractivity contribution in [3.8, 4) is 0 Å². The second kappa shape index (κ2) is 9.85. The van der Waals surface area contributed by atoms with Crippen LogP contribution in [0.3, 0.4) is 0 Å². The van der Waals surface area contributed by atoms with Gasteiger partial charge in [-0.3, -0.25) is 0 Å². The molecule has 0 aromatic rings. The second-order valence-corrected chi connectivity index (χ2v) is 3.64. The summed E-state index contributed by atoms with van der Waals surface area (Å²) in [4.78, 5) is 22.1. The van der Waals surface area contributed by atoms with Gasteiger partial charge in [-0.2, -0.15) is 0 Å². The van der Waals surface area contributed by atoms with Crippen LogP contribution in [0.5, 0.6) is 0 Å². The molecule has 0 aliphatic heterocycles. The molecule has 0 fully saturated rings. The van der Waals surface area contributed by atoms with Crippen LogP contribution in [0.1, 0.15) is 27.7 Å². The number of hydrogen-bond acceptors (Lipinski definition) is 6. The van der Waals surface area contributed by atoms with Crippen LogP contribution in [0.4, 0.5) is 0 Å².